The van der Waals surface area contributed by atoms with Gasteiger partial charge in [-0.25, -0.2) is 13.8 Å². The van der Waals surface area contributed by atoms with E-state index in [-0.39, 0.29) is 17.5 Å². The smallest absolute Gasteiger partial charge is 0.170 e. The van der Waals surface area contributed by atoms with E-state index in [2.05, 4.69) is 10.3 Å². The van der Waals surface area contributed by atoms with Crippen LogP contribution in [0.15, 0.2) is 30.5 Å². The van der Waals surface area contributed by atoms with Crippen molar-refractivity contribution in [2.45, 2.75) is 13.0 Å². The third-order valence-corrected chi connectivity index (χ3v) is 3.52. The van der Waals surface area contributed by atoms with E-state index >= 15 is 0 Å². The van der Waals surface area contributed by atoms with Crippen molar-refractivity contribution in [3.8, 4) is 0 Å². The lowest BCUT2D eigenvalue weighted by molar-refractivity contribution is 0.593. The lowest BCUT2D eigenvalue weighted by Gasteiger charge is -2.20. The molecular weight excluding hydrogens is 260 g/mol. The van der Waals surface area contributed by atoms with Crippen LogP contribution in [0.2, 0.25) is 0 Å². The number of benzene rings is 1. The monoisotopic (exact) mass is 275 g/mol. The molecule has 0 spiro atoms. The number of rotatable bonds is 3. The van der Waals surface area contributed by atoms with Crippen molar-refractivity contribution in [1.82, 2.24) is 10.3 Å². The van der Waals surface area contributed by atoms with E-state index in [9.17, 15) is 8.78 Å². The fourth-order valence-electron chi connectivity index (χ4n) is 2.56. The minimum atomic E-state index is -0.348. The largest absolute Gasteiger partial charge is 0.323 e. The van der Waals surface area contributed by atoms with Crippen LogP contribution in [0.5, 0.6) is 0 Å². The van der Waals surface area contributed by atoms with E-state index in [0.29, 0.717) is 24.3 Å². The van der Waals surface area contributed by atoms with Crippen LogP contribution >= 0.6 is 0 Å². The summed E-state index contributed by atoms with van der Waals surface area (Å²) in [6.45, 7) is 1.05. The number of pyridine rings is 1. The van der Waals surface area contributed by atoms with Gasteiger partial charge in [0.2, 0.25) is 0 Å². The van der Waals surface area contributed by atoms with Gasteiger partial charge in [0.25, 0.3) is 0 Å². The van der Waals surface area contributed by atoms with Crippen molar-refractivity contribution in [2.75, 3.05) is 18.5 Å². The molecule has 1 N–H and O–H groups in total. The Bertz CT molecular complexity index is 643. The maximum atomic E-state index is 14.5. The van der Waals surface area contributed by atoms with Gasteiger partial charge in [-0.05, 0) is 37.2 Å². The highest BCUT2D eigenvalue weighted by molar-refractivity contribution is 5.68. The van der Waals surface area contributed by atoms with Crippen LogP contribution in [-0.4, -0.2) is 18.6 Å². The molecule has 2 heterocycles. The second-order valence-corrected chi connectivity index (χ2v) is 4.81. The first kappa shape index (κ1) is 13.0. The minimum absolute atomic E-state index is 0.266. The van der Waals surface area contributed by atoms with E-state index in [1.165, 1.54) is 12.1 Å². The summed E-state index contributed by atoms with van der Waals surface area (Å²) in [6, 6.07) is 6.27. The zero-order chi connectivity index (χ0) is 14.1. The Kier molecular flexibility index (Phi) is 3.36. The molecule has 1 aliphatic rings. The predicted octanol–water partition coefficient (Wildman–Crippen LogP) is 2.77. The van der Waals surface area contributed by atoms with E-state index < -0.39 is 0 Å². The number of aromatic nitrogens is 1. The SMILES string of the molecule is CNCc1ccnc(N2CCc3ccc(F)cc32)c1F. The van der Waals surface area contributed by atoms with Gasteiger partial charge in [-0.1, -0.05) is 6.07 Å². The Labute approximate surface area is 116 Å². The summed E-state index contributed by atoms with van der Waals surface area (Å²) in [5.41, 5.74) is 2.28. The maximum Gasteiger partial charge on any atom is 0.170 e. The van der Waals surface area contributed by atoms with Crippen LogP contribution in [-0.2, 0) is 13.0 Å². The summed E-state index contributed by atoms with van der Waals surface area (Å²) in [5.74, 6) is -0.400. The highest BCUT2D eigenvalue weighted by Gasteiger charge is 2.25. The van der Waals surface area contributed by atoms with Gasteiger partial charge in [0.15, 0.2) is 11.6 Å². The predicted molar refractivity (Wildman–Crippen MR) is 74.1 cm³/mol. The average molecular weight is 275 g/mol. The zero-order valence-electron chi connectivity index (χ0n) is 11.2. The molecule has 3 rings (SSSR count). The topological polar surface area (TPSA) is 28.2 Å². The molecule has 3 nitrogen and oxygen atoms in total. The van der Waals surface area contributed by atoms with Gasteiger partial charge in [-0.3, -0.25) is 0 Å². The van der Waals surface area contributed by atoms with Crippen molar-refractivity contribution in [3.05, 3.63) is 53.2 Å². The number of fused-ring (bicyclic) bond motifs is 1. The molecular formula is C15H15F2N3. The number of halogens is 2. The van der Waals surface area contributed by atoms with Crippen LogP contribution in [0.4, 0.5) is 20.3 Å². The molecule has 5 heteroatoms. The Morgan fingerprint density at radius 3 is 2.95 bits per heavy atom. The highest BCUT2D eigenvalue weighted by Crippen LogP contribution is 2.35. The second kappa shape index (κ2) is 5.17. The molecule has 2 aromatic rings. The van der Waals surface area contributed by atoms with Crippen LogP contribution in [0.3, 0.4) is 0 Å². The van der Waals surface area contributed by atoms with Crippen molar-refractivity contribution in [1.29, 1.82) is 0 Å². The van der Waals surface area contributed by atoms with Gasteiger partial charge in [-0.15, -0.1) is 0 Å². The van der Waals surface area contributed by atoms with Crippen molar-refractivity contribution < 1.29 is 8.78 Å². The molecule has 0 unspecified atom stereocenters. The summed E-state index contributed by atoms with van der Waals surface area (Å²) < 4.78 is 27.9. The van der Waals surface area contributed by atoms with E-state index in [0.717, 1.165) is 12.0 Å². The normalized spacial score (nSPS) is 13.7. The fraction of sp³-hybridized carbons (Fsp3) is 0.267. The molecule has 20 heavy (non-hydrogen) atoms. The Hall–Kier alpha value is -2.01. The number of anilines is 2. The van der Waals surface area contributed by atoms with Gasteiger partial charge in [0, 0.05) is 30.5 Å². The third-order valence-electron chi connectivity index (χ3n) is 3.52. The van der Waals surface area contributed by atoms with Gasteiger partial charge >= 0.3 is 0 Å². The number of hydrogen-bond acceptors (Lipinski definition) is 3. The molecule has 0 fully saturated rings. The van der Waals surface area contributed by atoms with Crippen LogP contribution in [0.25, 0.3) is 0 Å². The van der Waals surface area contributed by atoms with Crippen LogP contribution in [0.1, 0.15) is 11.1 Å². The van der Waals surface area contributed by atoms with Gasteiger partial charge < -0.3 is 10.2 Å². The molecule has 0 aliphatic carbocycles. The number of nitrogens with zero attached hydrogens (tertiary/aromatic N) is 2. The van der Waals surface area contributed by atoms with Gasteiger partial charge in [0.1, 0.15) is 5.82 Å². The number of hydrogen-bond donors (Lipinski definition) is 1. The first-order chi connectivity index (χ1) is 9.70. The Balaban J connectivity index is 2.04. The van der Waals surface area contributed by atoms with Crippen molar-refractivity contribution >= 4 is 11.5 Å². The Morgan fingerprint density at radius 2 is 2.15 bits per heavy atom. The zero-order valence-corrected chi connectivity index (χ0v) is 11.2. The summed E-state index contributed by atoms with van der Waals surface area (Å²) in [5, 5.41) is 2.92. The summed E-state index contributed by atoms with van der Waals surface area (Å²) in [6.07, 6.45) is 2.36. The standard InChI is InChI=1S/C15H15F2N3/c1-18-9-11-4-6-19-15(14(11)17)20-7-5-10-2-3-12(16)8-13(10)20/h2-4,6,8,18H,5,7,9H2,1H3. The molecule has 0 saturated carbocycles. The first-order valence-corrected chi connectivity index (χ1v) is 6.54. The van der Waals surface area contributed by atoms with Gasteiger partial charge in [0.05, 0.1) is 0 Å². The van der Waals surface area contributed by atoms with E-state index in [1.54, 1.807) is 30.3 Å². The summed E-state index contributed by atoms with van der Waals surface area (Å²) in [4.78, 5) is 5.88. The summed E-state index contributed by atoms with van der Waals surface area (Å²) in [7, 11) is 1.76. The molecule has 1 aliphatic heterocycles. The van der Waals surface area contributed by atoms with Gasteiger partial charge in [-0.2, -0.15) is 0 Å². The van der Waals surface area contributed by atoms with Crippen LogP contribution < -0.4 is 10.2 Å². The highest BCUT2D eigenvalue weighted by atomic mass is 19.1. The lowest BCUT2D eigenvalue weighted by Crippen LogP contribution is -2.18. The average Bonchev–Trinajstić information content (AvgIpc) is 2.84. The molecule has 0 saturated heterocycles. The molecule has 1 aromatic heterocycles. The molecule has 0 amide bonds. The molecule has 104 valence electrons. The van der Waals surface area contributed by atoms with E-state index in [1.807, 2.05) is 0 Å². The van der Waals surface area contributed by atoms with Crippen molar-refractivity contribution in [2.24, 2.45) is 0 Å². The lowest BCUT2D eigenvalue weighted by atomic mass is 10.1. The summed E-state index contributed by atoms with van der Waals surface area (Å²) >= 11 is 0. The first-order valence-electron chi connectivity index (χ1n) is 6.54. The molecule has 0 bridgehead atoms. The molecule has 0 atom stereocenters. The number of nitrogens with one attached hydrogen (secondary N) is 1. The fourth-order valence-corrected chi connectivity index (χ4v) is 2.56. The van der Waals surface area contributed by atoms with Crippen molar-refractivity contribution in [3.63, 3.8) is 0 Å². The maximum absolute atomic E-state index is 14.5. The van der Waals surface area contributed by atoms with E-state index in [4.69, 9.17) is 0 Å². The quantitative estimate of drug-likeness (QED) is 0.933. The van der Waals surface area contributed by atoms with Crippen LogP contribution in [0, 0.1) is 11.6 Å². The second-order valence-electron chi connectivity index (χ2n) is 4.81. The molecule has 1 aromatic carbocycles. The Morgan fingerprint density at radius 1 is 1.30 bits per heavy atom. The third kappa shape index (κ3) is 2.14. The molecule has 0 radical (unpaired) electrons. The minimum Gasteiger partial charge on any atom is -0.323 e.